The van der Waals surface area contributed by atoms with E-state index in [-0.39, 0.29) is 5.41 Å². The molecule has 0 bridgehead atoms. The number of nitrogens with zero attached hydrogens (tertiary/aromatic N) is 1. The summed E-state index contributed by atoms with van der Waals surface area (Å²) in [4.78, 5) is 0. The minimum absolute atomic E-state index is 0.0585. The predicted octanol–water partition coefficient (Wildman–Crippen LogP) is 3.43. The molecule has 0 amide bonds. The van der Waals surface area contributed by atoms with E-state index in [0.717, 1.165) is 19.0 Å². The van der Waals surface area contributed by atoms with Gasteiger partial charge in [-0.3, -0.25) is 0 Å². The van der Waals surface area contributed by atoms with E-state index in [2.05, 4.69) is 25.2 Å². The summed E-state index contributed by atoms with van der Waals surface area (Å²) in [5.74, 6) is -1.08. The van der Waals surface area contributed by atoms with Crippen molar-refractivity contribution in [1.29, 1.82) is 5.26 Å². The molecule has 0 spiro atoms. The van der Waals surface area contributed by atoms with Gasteiger partial charge >= 0.3 is 0 Å². The van der Waals surface area contributed by atoms with Crippen LogP contribution < -0.4 is 5.32 Å². The van der Waals surface area contributed by atoms with Crippen molar-refractivity contribution in [2.24, 2.45) is 5.41 Å². The van der Waals surface area contributed by atoms with Crippen molar-refractivity contribution >= 4 is 0 Å². The van der Waals surface area contributed by atoms with Gasteiger partial charge in [0.25, 0.3) is 0 Å². The van der Waals surface area contributed by atoms with Gasteiger partial charge in [-0.25, -0.2) is 8.78 Å². The lowest BCUT2D eigenvalue weighted by molar-refractivity contribution is 0.319. The van der Waals surface area contributed by atoms with E-state index in [0.29, 0.717) is 24.9 Å². The van der Waals surface area contributed by atoms with Gasteiger partial charge in [0.05, 0.1) is 6.07 Å². The van der Waals surface area contributed by atoms with Gasteiger partial charge in [0.15, 0.2) is 0 Å². The van der Waals surface area contributed by atoms with E-state index < -0.39 is 11.6 Å². The number of hydrogen-bond acceptors (Lipinski definition) is 2. The predicted molar refractivity (Wildman–Crippen MR) is 71.6 cm³/mol. The summed E-state index contributed by atoms with van der Waals surface area (Å²) in [7, 11) is 0. The molecule has 0 aliphatic carbocycles. The Bertz CT molecular complexity index is 430. The third kappa shape index (κ3) is 6.30. The van der Waals surface area contributed by atoms with Crippen LogP contribution in [0.4, 0.5) is 8.78 Å². The molecule has 1 aromatic carbocycles. The van der Waals surface area contributed by atoms with Gasteiger partial charge in [0.1, 0.15) is 11.6 Å². The van der Waals surface area contributed by atoms with E-state index in [1.807, 2.05) is 0 Å². The van der Waals surface area contributed by atoms with Crippen LogP contribution in [0.5, 0.6) is 0 Å². The number of benzene rings is 1. The fourth-order valence-electron chi connectivity index (χ4n) is 1.90. The average molecular weight is 266 g/mol. The molecule has 4 heteroatoms. The molecule has 0 radical (unpaired) electrons. The molecule has 0 atom stereocenters. The number of hydrogen-bond donors (Lipinski definition) is 1. The molecule has 104 valence electrons. The van der Waals surface area contributed by atoms with Crippen molar-refractivity contribution in [1.82, 2.24) is 5.32 Å². The second-order valence-corrected chi connectivity index (χ2v) is 5.53. The van der Waals surface area contributed by atoms with Gasteiger partial charge < -0.3 is 5.32 Å². The lowest BCUT2D eigenvalue weighted by Gasteiger charge is -2.23. The number of halogens is 2. The Balaban J connectivity index is 2.32. The average Bonchev–Trinajstić information content (AvgIpc) is 2.31. The minimum atomic E-state index is -0.538. The van der Waals surface area contributed by atoms with Crippen LogP contribution in [0.3, 0.4) is 0 Å². The third-order valence-electron chi connectivity index (χ3n) is 3.03. The van der Waals surface area contributed by atoms with Gasteiger partial charge in [-0.05, 0) is 42.5 Å². The highest BCUT2D eigenvalue weighted by Crippen LogP contribution is 2.20. The van der Waals surface area contributed by atoms with Gasteiger partial charge in [-0.2, -0.15) is 5.26 Å². The standard InChI is InChI=1S/C15H20F2N2/c1-15(2,5-3-6-18)11-19-7-4-12-8-13(16)10-14(17)9-12/h8-10,19H,3-5,7,11H2,1-2H3. The van der Waals surface area contributed by atoms with E-state index in [4.69, 9.17) is 5.26 Å². The summed E-state index contributed by atoms with van der Waals surface area (Å²) in [6, 6.07) is 5.72. The summed E-state index contributed by atoms with van der Waals surface area (Å²) in [5.41, 5.74) is 0.711. The molecule has 1 rings (SSSR count). The lowest BCUT2D eigenvalue weighted by Crippen LogP contribution is -2.30. The smallest absolute Gasteiger partial charge is 0.126 e. The molecule has 0 aromatic heterocycles. The molecule has 19 heavy (non-hydrogen) atoms. The van der Waals surface area contributed by atoms with Crippen LogP contribution in [-0.2, 0) is 6.42 Å². The van der Waals surface area contributed by atoms with E-state index in [1.165, 1.54) is 12.1 Å². The molecule has 0 saturated heterocycles. The van der Waals surface area contributed by atoms with Crippen molar-refractivity contribution in [2.75, 3.05) is 13.1 Å². The van der Waals surface area contributed by atoms with Crippen LogP contribution in [0, 0.1) is 28.4 Å². The van der Waals surface area contributed by atoms with Crippen LogP contribution in [0.25, 0.3) is 0 Å². The SMILES string of the molecule is CC(C)(CCC#N)CNCCc1cc(F)cc(F)c1. The first-order valence-electron chi connectivity index (χ1n) is 6.45. The number of rotatable bonds is 7. The normalized spacial score (nSPS) is 11.3. The van der Waals surface area contributed by atoms with Gasteiger partial charge in [-0.1, -0.05) is 13.8 Å². The van der Waals surface area contributed by atoms with Gasteiger partial charge in [-0.15, -0.1) is 0 Å². The van der Waals surface area contributed by atoms with Crippen LogP contribution in [0.1, 0.15) is 32.3 Å². The summed E-state index contributed by atoms with van der Waals surface area (Å²) in [6.45, 7) is 5.64. The number of nitriles is 1. The van der Waals surface area contributed by atoms with Gasteiger partial charge in [0, 0.05) is 19.0 Å². The second kappa shape index (κ2) is 7.20. The zero-order valence-electron chi connectivity index (χ0n) is 11.5. The first kappa shape index (κ1) is 15.6. The van der Waals surface area contributed by atoms with E-state index in [1.54, 1.807) is 0 Å². The maximum atomic E-state index is 13.0. The molecule has 0 heterocycles. The van der Waals surface area contributed by atoms with Crippen molar-refractivity contribution < 1.29 is 8.78 Å². The zero-order valence-corrected chi connectivity index (χ0v) is 11.5. The summed E-state index contributed by atoms with van der Waals surface area (Å²) in [5, 5.41) is 11.8. The molecule has 0 fully saturated rings. The van der Waals surface area contributed by atoms with Gasteiger partial charge in [0.2, 0.25) is 0 Å². The van der Waals surface area contributed by atoms with Crippen molar-refractivity contribution in [3.05, 3.63) is 35.4 Å². The fraction of sp³-hybridized carbons (Fsp3) is 0.533. The zero-order chi connectivity index (χ0) is 14.3. The Morgan fingerprint density at radius 2 is 1.84 bits per heavy atom. The van der Waals surface area contributed by atoms with E-state index in [9.17, 15) is 8.78 Å². The first-order valence-corrected chi connectivity index (χ1v) is 6.45. The van der Waals surface area contributed by atoms with Crippen LogP contribution in [-0.4, -0.2) is 13.1 Å². The monoisotopic (exact) mass is 266 g/mol. The molecular weight excluding hydrogens is 246 g/mol. The van der Waals surface area contributed by atoms with Crippen molar-refractivity contribution in [2.45, 2.75) is 33.1 Å². The molecule has 0 unspecified atom stereocenters. The highest BCUT2D eigenvalue weighted by Gasteiger charge is 2.16. The van der Waals surface area contributed by atoms with Crippen molar-refractivity contribution in [3.8, 4) is 6.07 Å². The maximum absolute atomic E-state index is 13.0. The molecule has 1 aromatic rings. The summed E-state index contributed by atoms with van der Waals surface area (Å²) in [6.07, 6.45) is 1.97. The molecule has 2 nitrogen and oxygen atoms in total. The highest BCUT2D eigenvalue weighted by atomic mass is 19.1. The quantitative estimate of drug-likeness (QED) is 0.767. The molecule has 0 saturated carbocycles. The molecule has 0 aliphatic heterocycles. The largest absolute Gasteiger partial charge is 0.316 e. The molecule has 0 aliphatic rings. The van der Waals surface area contributed by atoms with Crippen LogP contribution in [0.15, 0.2) is 18.2 Å². The Morgan fingerprint density at radius 1 is 1.21 bits per heavy atom. The minimum Gasteiger partial charge on any atom is -0.316 e. The van der Waals surface area contributed by atoms with Crippen LogP contribution in [0.2, 0.25) is 0 Å². The van der Waals surface area contributed by atoms with Crippen LogP contribution >= 0.6 is 0 Å². The Morgan fingerprint density at radius 3 is 2.42 bits per heavy atom. The Kier molecular flexibility index (Phi) is 5.91. The number of nitrogens with one attached hydrogen (secondary N) is 1. The third-order valence-corrected chi connectivity index (χ3v) is 3.03. The van der Waals surface area contributed by atoms with Crippen molar-refractivity contribution in [3.63, 3.8) is 0 Å². The summed E-state index contributed by atoms with van der Waals surface area (Å²) >= 11 is 0. The highest BCUT2D eigenvalue weighted by molar-refractivity contribution is 5.18. The maximum Gasteiger partial charge on any atom is 0.126 e. The lowest BCUT2D eigenvalue weighted by atomic mass is 9.88. The fourth-order valence-corrected chi connectivity index (χ4v) is 1.90. The molecule has 1 N–H and O–H groups in total. The Hall–Kier alpha value is -1.47. The summed E-state index contributed by atoms with van der Waals surface area (Å²) < 4.78 is 25.9. The first-order chi connectivity index (χ1) is 8.93. The Labute approximate surface area is 113 Å². The second-order valence-electron chi connectivity index (χ2n) is 5.53. The van der Waals surface area contributed by atoms with E-state index >= 15 is 0 Å². The molecular formula is C15H20F2N2. The topological polar surface area (TPSA) is 35.8 Å².